The van der Waals surface area contributed by atoms with Crippen LogP contribution in [0.4, 0.5) is 0 Å². The first kappa shape index (κ1) is 12.7. The van der Waals surface area contributed by atoms with Gasteiger partial charge in [-0.15, -0.1) is 0 Å². The molecule has 1 saturated heterocycles. The standard InChI is InChI=1S/C12H19NO3/c1-3-16-12(15)10(2)9-13-8-6-4-5-7-11(13)14/h2-9H2,1H3. The molecule has 0 aliphatic carbocycles. The second kappa shape index (κ2) is 6.30. The summed E-state index contributed by atoms with van der Waals surface area (Å²) in [5.74, 6) is -0.289. The molecule has 1 amide bonds. The van der Waals surface area contributed by atoms with Gasteiger partial charge in [0.2, 0.25) is 5.91 Å². The molecule has 0 aromatic carbocycles. The van der Waals surface area contributed by atoms with E-state index in [1.807, 2.05) is 0 Å². The molecule has 90 valence electrons. The predicted molar refractivity (Wildman–Crippen MR) is 60.8 cm³/mol. The number of ether oxygens (including phenoxy) is 1. The fraction of sp³-hybridized carbons (Fsp3) is 0.667. The molecule has 4 nitrogen and oxygen atoms in total. The maximum absolute atomic E-state index is 11.7. The van der Waals surface area contributed by atoms with Crippen LogP contribution in [0.1, 0.15) is 32.6 Å². The van der Waals surface area contributed by atoms with Gasteiger partial charge in [-0.05, 0) is 19.8 Å². The molecule has 1 aliphatic rings. The van der Waals surface area contributed by atoms with Gasteiger partial charge in [0.15, 0.2) is 0 Å². The van der Waals surface area contributed by atoms with E-state index in [9.17, 15) is 9.59 Å². The molecule has 4 heteroatoms. The zero-order valence-electron chi connectivity index (χ0n) is 9.83. The molecule has 0 unspecified atom stereocenters. The maximum Gasteiger partial charge on any atom is 0.335 e. The van der Waals surface area contributed by atoms with Crippen LogP contribution < -0.4 is 0 Å². The lowest BCUT2D eigenvalue weighted by Crippen LogP contribution is -2.33. The normalized spacial score (nSPS) is 16.8. The SMILES string of the molecule is C=C(CN1CCCCCC1=O)C(=O)OCC. The van der Waals surface area contributed by atoms with Crippen LogP contribution in [0.5, 0.6) is 0 Å². The summed E-state index contributed by atoms with van der Waals surface area (Å²) >= 11 is 0. The van der Waals surface area contributed by atoms with Gasteiger partial charge in [0.05, 0.1) is 13.2 Å². The Bertz CT molecular complexity index is 286. The van der Waals surface area contributed by atoms with Crippen LogP contribution in [-0.4, -0.2) is 36.5 Å². The van der Waals surface area contributed by atoms with Crippen molar-refractivity contribution in [2.24, 2.45) is 0 Å². The van der Waals surface area contributed by atoms with Crippen molar-refractivity contribution in [2.45, 2.75) is 32.6 Å². The van der Waals surface area contributed by atoms with Gasteiger partial charge in [-0.25, -0.2) is 4.79 Å². The third-order valence-corrected chi connectivity index (χ3v) is 2.62. The van der Waals surface area contributed by atoms with Crippen LogP contribution in [0.15, 0.2) is 12.2 Å². The monoisotopic (exact) mass is 225 g/mol. The Labute approximate surface area is 96.3 Å². The summed E-state index contributed by atoms with van der Waals surface area (Å²) < 4.78 is 4.84. The number of carbonyl (C=O) groups excluding carboxylic acids is 2. The van der Waals surface area contributed by atoms with Crippen LogP contribution in [0, 0.1) is 0 Å². The molecule has 16 heavy (non-hydrogen) atoms. The highest BCUT2D eigenvalue weighted by atomic mass is 16.5. The lowest BCUT2D eigenvalue weighted by Gasteiger charge is -2.20. The molecule has 0 spiro atoms. The van der Waals surface area contributed by atoms with E-state index in [0.717, 1.165) is 25.8 Å². The van der Waals surface area contributed by atoms with E-state index in [2.05, 4.69) is 6.58 Å². The van der Waals surface area contributed by atoms with Crippen LogP contribution in [0.25, 0.3) is 0 Å². The van der Waals surface area contributed by atoms with E-state index >= 15 is 0 Å². The highest BCUT2D eigenvalue weighted by molar-refractivity contribution is 5.89. The van der Waals surface area contributed by atoms with Gasteiger partial charge >= 0.3 is 5.97 Å². The molecule has 0 N–H and O–H groups in total. The minimum atomic E-state index is -0.403. The van der Waals surface area contributed by atoms with E-state index in [0.29, 0.717) is 25.1 Å². The molecule has 0 radical (unpaired) electrons. The quantitative estimate of drug-likeness (QED) is 0.538. The lowest BCUT2D eigenvalue weighted by molar-refractivity contribution is -0.139. The van der Waals surface area contributed by atoms with Crippen molar-refractivity contribution in [1.29, 1.82) is 0 Å². The van der Waals surface area contributed by atoms with Crippen molar-refractivity contribution in [3.05, 3.63) is 12.2 Å². The lowest BCUT2D eigenvalue weighted by atomic mass is 10.2. The van der Waals surface area contributed by atoms with E-state index in [-0.39, 0.29) is 5.91 Å². The number of likely N-dealkylation sites (tertiary alicyclic amines) is 1. The Kier molecular flexibility index (Phi) is 5.02. The number of esters is 1. The highest BCUT2D eigenvalue weighted by Crippen LogP contribution is 2.12. The fourth-order valence-corrected chi connectivity index (χ4v) is 1.73. The van der Waals surface area contributed by atoms with Crippen LogP contribution >= 0.6 is 0 Å². The second-order valence-corrected chi connectivity index (χ2v) is 3.95. The van der Waals surface area contributed by atoms with Crippen molar-refractivity contribution in [1.82, 2.24) is 4.90 Å². The molecule has 0 aromatic heterocycles. The summed E-state index contributed by atoms with van der Waals surface area (Å²) in [6.07, 6.45) is 3.60. The van der Waals surface area contributed by atoms with Crippen molar-refractivity contribution >= 4 is 11.9 Å². The van der Waals surface area contributed by atoms with Gasteiger partial charge in [0.1, 0.15) is 0 Å². The Balaban J connectivity index is 2.48. The first-order valence-electron chi connectivity index (χ1n) is 5.77. The van der Waals surface area contributed by atoms with E-state index < -0.39 is 5.97 Å². The smallest absolute Gasteiger partial charge is 0.335 e. The van der Waals surface area contributed by atoms with Crippen LogP contribution in [0.2, 0.25) is 0 Å². The number of amides is 1. The Morgan fingerprint density at radius 2 is 2.19 bits per heavy atom. The molecular weight excluding hydrogens is 206 g/mol. The predicted octanol–water partition coefficient (Wildman–Crippen LogP) is 1.51. The number of nitrogens with zero attached hydrogens (tertiary/aromatic N) is 1. The summed E-state index contributed by atoms with van der Waals surface area (Å²) in [6.45, 7) is 6.78. The first-order chi connectivity index (χ1) is 7.65. The molecule has 0 aromatic rings. The number of hydrogen-bond acceptors (Lipinski definition) is 3. The summed E-state index contributed by atoms with van der Waals surface area (Å²) in [4.78, 5) is 24.7. The zero-order chi connectivity index (χ0) is 12.0. The molecule has 1 fully saturated rings. The summed E-state index contributed by atoms with van der Waals surface area (Å²) in [5.41, 5.74) is 0.358. The van der Waals surface area contributed by atoms with E-state index in [1.54, 1.807) is 11.8 Å². The zero-order valence-corrected chi connectivity index (χ0v) is 9.83. The van der Waals surface area contributed by atoms with Gasteiger partial charge in [0, 0.05) is 18.5 Å². The van der Waals surface area contributed by atoms with Gasteiger partial charge in [0.25, 0.3) is 0 Å². The van der Waals surface area contributed by atoms with Crippen molar-refractivity contribution in [3.8, 4) is 0 Å². The number of hydrogen-bond donors (Lipinski definition) is 0. The fourth-order valence-electron chi connectivity index (χ4n) is 1.73. The highest BCUT2D eigenvalue weighted by Gasteiger charge is 2.19. The number of carbonyl (C=O) groups is 2. The summed E-state index contributed by atoms with van der Waals surface area (Å²) in [6, 6.07) is 0. The average Bonchev–Trinajstić information content (AvgIpc) is 2.45. The van der Waals surface area contributed by atoms with Gasteiger partial charge < -0.3 is 9.64 Å². The van der Waals surface area contributed by atoms with E-state index in [1.165, 1.54) is 0 Å². The molecular formula is C12H19NO3. The largest absolute Gasteiger partial charge is 0.463 e. The topological polar surface area (TPSA) is 46.6 Å². The van der Waals surface area contributed by atoms with Gasteiger partial charge in [-0.3, -0.25) is 4.79 Å². The first-order valence-corrected chi connectivity index (χ1v) is 5.77. The van der Waals surface area contributed by atoms with Crippen molar-refractivity contribution in [2.75, 3.05) is 19.7 Å². The minimum Gasteiger partial charge on any atom is -0.463 e. The Morgan fingerprint density at radius 1 is 1.44 bits per heavy atom. The summed E-state index contributed by atoms with van der Waals surface area (Å²) in [7, 11) is 0. The second-order valence-electron chi connectivity index (χ2n) is 3.95. The molecule has 1 aliphatic heterocycles. The molecule has 0 saturated carbocycles. The van der Waals surface area contributed by atoms with E-state index in [4.69, 9.17) is 4.74 Å². The Morgan fingerprint density at radius 3 is 2.88 bits per heavy atom. The average molecular weight is 225 g/mol. The maximum atomic E-state index is 11.7. The number of rotatable bonds is 4. The third-order valence-electron chi connectivity index (χ3n) is 2.62. The third kappa shape index (κ3) is 3.68. The van der Waals surface area contributed by atoms with Gasteiger partial charge in [-0.2, -0.15) is 0 Å². The molecule has 0 bridgehead atoms. The van der Waals surface area contributed by atoms with Gasteiger partial charge in [-0.1, -0.05) is 13.0 Å². The van der Waals surface area contributed by atoms with Crippen LogP contribution in [-0.2, 0) is 14.3 Å². The minimum absolute atomic E-state index is 0.114. The Hall–Kier alpha value is -1.32. The molecule has 1 rings (SSSR count). The summed E-state index contributed by atoms with van der Waals surface area (Å²) in [5, 5.41) is 0. The van der Waals surface area contributed by atoms with Crippen molar-refractivity contribution in [3.63, 3.8) is 0 Å². The van der Waals surface area contributed by atoms with Crippen molar-refractivity contribution < 1.29 is 14.3 Å². The molecule has 0 atom stereocenters. The molecule has 1 heterocycles. The van der Waals surface area contributed by atoms with Crippen LogP contribution in [0.3, 0.4) is 0 Å².